The van der Waals surface area contributed by atoms with Crippen molar-refractivity contribution in [1.29, 1.82) is 0 Å². The number of benzene rings is 1. The highest BCUT2D eigenvalue weighted by atomic mass is 79.9. The summed E-state index contributed by atoms with van der Waals surface area (Å²) in [5.74, 6) is 2.17. The lowest BCUT2D eigenvalue weighted by Crippen LogP contribution is -2.14. The molecule has 0 amide bonds. The van der Waals surface area contributed by atoms with Crippen molar-refractivity contribution in [2.75, 3.05) is 11.5 Å². The van der Waals surface area contributed by atoms with Crippen LogP contribution >= 0.6 is 27.7 Å². The predicted molar refractivity (Wildman–Crippen MR) is 76.0 cm³/mol. The van der Waals surface area contributed by atoms with Gasteiger partial charge in [-0.3, -0.25) is 0 Å². The SMILES string of the molecule is CC(C)CSCC(O)Cc1ccc(F)c(Br)c1. The fourth-order valence-electron chi connectivity index (χ4n) is 1.44. The van der Waals surface area contributed by atoms with E-state index in [1.54, 1.807) is 23.9 Å². The molecule has 0 aliphatic rings. The van der Waals surface area contributed by atoms with Gasteiger partial charge in [-0.1, -0.05) is 19.9 Å². The summed E-state index contributed by atoms with van der Waals surface area (Å²) in [5, 5.41) is 9.85. The first-order valence-electron chi connectivity index (χ1n) is 5.68. The Morgan fingerprint density at radius 2 is 2.06 bits per heavy atom. The van der Waals surface area contributed by atoms with E-state index in [0.29, 0.717) is 16.8 Å². The molecule has 0 aliphatic heterocycles. The fraction of sp³-hybridized carbons (Fsp3) is 0.538. The van der Waals surface area contributed by atoms with E-state index < -0.39 is 0 Å². The van der Waals surface area contributed by atoms with Crippen molar-refractivity contribution in [3.05, 3.63) is 34.1 Å². The van der Waals surface area contributed by atoms with E-state index in [-0.39, 0.29) is 11.9 Å². The van der Waals surface area contributed by atoms with E-state index in [1.807, 2.05) is 0 Å². The zero-order valence-corrected chi connectivity index (χ0v) is 12.5. The van der Waals surface area contributed by atoms with Gasteiger partial charge in [-0.2, -0.15) is 11.8 Å². The average Bonchev–Trinajstić information content (AvgIpc) is 2.23. The second-order valence-electron chi connectivity index (χ2n) is 4.54. The molecule has 1 N–H and O–H groups in total. The van der Waals surface area contributed by atoms with E-state index in [4.69, 9.17) is 0 Å². The molecule has 1 aromatic carbocycles. The summed E-state index contributed by atoms with van der Waals surface area (Å²) < 4.78 is 13.5. The minimum absolute atomic E-state index is 0.266. The Kier molecular flexibility index (Phi) is 6.52. The van der Waals surface area contributed by atoms with E-state index in [1.165, 1.54) is 6.07 Å². The maximum absolute atomic E-state index is 13.0. The van der Waals surface area contributed by atoms with Gasteiger partial charge in [-0.25, -0.2) is 4.39 Å². The normalized spacial score (nSPS) is 13.1. The molecular formula is C13H18BrFOS. The topological polar surface area (TPSA) is 20.2 Å². The van der Waals surface area contributed by atoms with Crippen molar-refractivity contribution >= 4 is 27.7 Å². The average molecular weight is 321 g/mol. The van der Waals surface area contributed by atoms with Gasteiger partial charge >= 0.3 is 0 Å². The van der Waals surface area contributed by atoms with Crippen molar-refractivity contribution in [2.24, 2.45) is 5.92 Å². The third-order valence-corrected chi connectivity index (χ3v) is 4.35. The molecule has 0 fully saturated rings. The molecule has 96 valence electrons. The molecular weight excluding hydrogens is 303 g/mol. The van der Waals surface area contributed by atoms with Crippen molar-refractivity contribution in [3.63, 3.8) is 0 Å². The molecule has 1 nitrogen and oxygen atoms in total. The summed E-state index contributed by atoms with van der Waals surface area (Å²) in [6.45, 7) is 4.33. The highest BCUT2D eigenvalue weighted by Gasteiger charge is 2.08. The number of hydrogen-bond acceptors (Lipinski definition) is 2. The minimum Gasteiger partial charge on any atom is -0.392 e. The molecule has 0 saturated heterocycles. The van der Waals surface area contributed by atoms with Crippen molar-refractivity contribution in [3.8, 4) is 0 Å². The lowest BCUT2D eigenvalue weighted by Gasteiger charge is -2.11. The Bertz CT molecular complexity index is 357. The summed E-state index contributed by atoms with van der Waals surface area (Å²) in [4.78, 5) is 0. The van der Waals surface area contributed by atoms with Crippen LogP contribution in [0.2, 0.25) is 0 Å². The van der Waals surface area contributed by atoms with Gasteiger partial charge in [-0.05, 0) is 51.7 Å². The molecule has 0 bridgehead atoms. The van der Waals surface area contributed by atoms with Crippen LogP contribution in [0.3, 0.4) is 0 Å². The molecule has 1 unspecified atom stereocenters. The quantitative estimate of drug-likeness (QED) is 0.858. The van der Waals surface area contributed by atoms with E-state index in [0.717, 1.165) is 17.1 Å². The highest BCUT2D eigenvalue weighted by molar-refractivity contribution is 9.10. The Hall–Kier alpha value is -0.0600. The zero-order chi connectivity index (χ0) is 12.8. The zero-order valence-electron chi connectivity index (χ0n) is 10.1. The maximum Gasteiger partial charge on any atom is 0.137 e. The van der Waals surface area contributed by atoms with Crippen LogP contribution in [0.25, 0.3) is 0 Å². The van der Waals surface area contributed by atoms with E-state index in [9.17, 15) is 9.50 Å². The molecule has 1 atom stereocenters. The van der Waals surface area contributed by atoms with Gasteiger partial charge in [0, 0.05) is 5.75 Å². The van der Waals surface area contributed by atoms with Crippen LogP contribution in [-0.4, -0.2) is 22.7 Å². The first-order chi connectivity index (χ1) is 7.99. The van der Waals surface area contributed by atoms with Crippen molar-refractivity contribution < 1.29 is 9.50 Å². The molecule has 0 aromatic heterocycles. The Labute approximate surface area is 115 Å². The van der Waals surface area contributed by atoms with Gasteiger partial charge in [0.25, 0.3) is 0 Å². The second kappa shape index (κ2) is 7.39. The molecule has 0 saturated carbocycles. The van der Waals surface area contributed by atoms with Gasteiger partial charge in [-0.15, -0.1) is 0 Å². The molecule has 1 aromatic rings. The fourth-order valence-corrected chi connectivity index (χ4v) is 2.86. The van der Waals surface area contributed by atoms with Crippen LogP contribution in [-0.2, 0) is 6.42 Å². The molecule has 0 radical (unpaired) electrons. The number of aliphatic hydroxyl groups excluding tert-OH is 1. The lowest BCUT2D eigenvalue weighted by molar-refractivity contribution is 0.200. The summed E-state index contributed by atoms with van der Waals surface area (Å²) in [6, 6.07) is 4.87. The number of aliphatic hydroxyl groups is 1. The summed E-state index contributed by atoms with van der Waals surface area (Å²) in [7, 11) is 0. The molecule has 0 aliphatic carbocycles. The monoisotopic (exact) mass is 320 g/mol. The molecule has 4 heteroatoms. The van der Waals surface area contributed by atoms with Gasteiger partial charge in [0.1, 0.15) is 5.82 Å². The molecule has 1 rings (SSSR count). The Balaban J connectivity index is 2.39. The Morgan fingerprint density at radius 3 is 2.65 bits per heavy atom. The van der Waals surface area contributed by atoms with Crippen LogP contribution in [0.15, 0.2) is 22.7 Å². The largest absolute Gasteiger partial charge is 0.392 e. The third-order valence-electron chi connectivity index (χ3n) is 2.22. The first-order valence-corrected chi connectivity index (χ1v) is 7.63. The first kappa shape index (κ1) is 15.0. The lowest BCUT2D eigenvalue weighted by atomic mass is 10.1. The van der Waals surface area contributed by atoms with Crippen molar-refractivity contribution in [2.45, 2.75) is 26.4 Å². The smallest absolute Gasteiger partial charge is 0.137 e. The molecule has 0 spiro atoms. The number of rotatable bonds is 6. The minimum atomic E-state index is -0.365. The van der Waals surface area contributed by atoms with Crippen LogP contribution in [0.5, 0.6) is 0 Å². The summed E-state index contributed by atoms with van der Waals surface area (Å²) >= 11 is 4.91. The third kappa shape index (κ3) is 5.89. The van der Waals surface area contributed by atoms with Gasteiger partial charge in [0.2, 0.25) is 0 Å². The summed E-state index contributed by atoms with van der Waals surface area (Å²) in [6.07, 6.45) is 0.209. The van der Waals surface area contributed by atoms with E-state index in [2.05, 4.69) is 29.8 Å². The van der Waals surface area contributed by atoms with Crippen molar-refractivity contribution in [1.82, 2.24) is 0 Å². The standard InChI is InChI=1S/C13H18BrFOS/c1-9(2)7-17-8-11(16)5-10-3-4-13(15)12(14)6-10/h3-4,6,9,11,16H,5,7-8H2,1-2H3. The Morgan fingerprint density at radius 1 is 1.35 bits per heavy atom. The van der Waals surface area contributed by atoms with Crippen LogP contribution < -0.4 is 0 Å². The van der Waals surface area contributed by atoms with Crippen LogP contribution in [0.1, 0.15) is 19.4 Å². The number of halogens is 2. The second-order valence-corrected chi connectivity index (χ2v) is 6.47. The van der Waals surface area contributed by atoms with E-state index >= 15 is 0 Å². The van der Waals surface area contributed by atoms with Crippen LogP contribution in [0.4, 0.5) is 4.39 Å². The van der Waals surface area contributed by atoms with Gasteiger partial charge in [0.05, 0.1) is 10.6 Å². The predicted octanol–water partition coefficient (Wildman–Crippen LogP) is 3.88. The molecule has 17 heavy (non-hydrogen) atoms. The summed E-state index contributed by atoms with van der Waals surface area (Å²) in [5.41, 5.74) is 0.955. The highest BCUT2D eigenvalue weighted by Crippen LogP contribution is 2.19. The van der Waals surface area contributed by atoms with Gasteiger partial charge < -0.3 is 5.11 Å². The van der Waals surface area contributed by atoms with Gasteiger partial charge in [0.15, 0.2) is 0 Å². The maximum atomic E-state index is 13.0. The number of thioether (sulfide) groups is 1. The number of hydrogen-bond donors (Lipinski definition) is 1. The van der Waals surface area contributed by atoms with Crippen LogP contribution in [0, 0.1) is 11.7 Å². The molecule has 0 heterocycles.